The average molecular weight is 297 g/mol. The monoisotopic (exact) mass is 296 g/mol. The molecule has 0 aliphatic rings. The van der Waals surface area contributed by atoms with Crippen LogP contribution in [-0.2, 0) is 6.42 Å². The van der Waals surface area contributed by atoms with Gasteiger partial charge in [-0.25, -0.2) is 4.39 Å². The van der Waals surface area contributed by atoms with Gasteiger partial charge in [-0.05, 0) is 35.4 Å². The van der Waals surface area contributed by atoms with Crippen molar-refractivity contribution in [3.05, 3.63) is 69.2 Å². The van der Waals surface area contributed by atoms with Crippen molar-refractivity contribution in [3.8, 4) is 0 Å². The summed E-state index contributed by atoms with van der Waals surface area (Å²) in [6, 6.07) is 11.6. The highest BCUT2D eigenvalue weighted by atomic mass is 35.5. The van der Waals surface area contributed by atoms with Crippen molar-refractivity contribution < 1.29 is 9.18 Å². The summed E-state index contributed by atoms with van der Waals surface area (Å²) in [4.78, 5) is 10.9. The summed E-state index contributed by atoms with van der Waals surface area (Å²) in [7, 11) is 0. The fourth-order valence-corrected chi connectivity index (χ4v) is 2.18. The number of hydrogen-bond acceptors (Lipinski definition) is 1. The van der Waals surface area contributed by atoms with Gasteiger partial charge in [-0.1, -0.05) is 41.4 Å². The molecule has 2 aromatic rings. The van der Waals surface area contributed by atoms with Crippen molar-refractivity contribution in [3.63, 3.8) is 0 Å². The van der Waals surface area contributed by atoms with E-state index < -0.39 is 6.17 Å². The van der Waals surface area contributed by atoms with Gasteiger partial charge in [-0.3, -0.25) is 4.79 Å². The van der Waals surface area contributed by atoms with Crippen molar-refractivity contribution in [1.29, 1.82) is 0 Å². The van der Waals surface area contributed by atoms with E-state index in [0.717, 1.165) is 5.56 Å². The third-order valence-electron chi connectivity index (χ3n) is 2.84. The molecule has 0 saturated heterocycles. The quantitative estimate of drug-likeness (QED) is 0.721. The van der Waals surface area contributed by atoms with Crippen LogP contribution >= 0.6 is 23.2 Å². The first kappa shape index (κ1) is 14.0. The summed E-state index contributed by atoms with van der Waals surface area (Å²) in [6.45, 7) is 0. The van der Waals surface area contributed by atoms with Gasteiger partial charge in [-0.2, -0.15) is 0 Å². The Morgan fingerprint density at radius 1 is 1.05 bits per heavy atom. The highest BCUT2D eigenvalue weighted by Gasteiger charge is 2.15. The molecule has 0 amide bonds. The van der Waals surface area contributed by atoms with Gasteiger partial charge in [-0.15, -0.1) is 0 Å². The SMILES string of the molecule is O=Cc1cc(Cl)ccc1C(F)Cc1ccc(Cl)cc1. The third-order valence-corrected chi connectivity index (χ3v) is 3.33. The molecule has 0 aromatic heterocycles. The minimum absolute atomic E-state index is 0.194. The Labute approximate surface area is 121 Å². The van der Waals surface area contributed by atoms with Crippen LogP contribution in [0, 0.1) is 0 Å². The van der Waals surface area contributed by atoms with Crippen LogP contribution in [-0.4, -0.2) is 6.29 Å². The number of halogens is 3. The lowest BCUT2D eigenvalue weighted by Gasteiger charge is -2.11. The average Bonchev–Trinajstić information content (AvgIpc) is 2.41. The second-order valence-electron chi connectivity index (χ2n) is 4.19. The van der Waals surface area contributed by atoms with Crippen molar-refractivity contribution in [2.24, 2.45) is 0 Å². The van der Waals surface area contributed by atoms with Gasteiger partial charge in [0.15, 0.2) is 0 Å². The summed E-state index contributed by atoms with van der Waals surface area (Å²) in [6.07, 6.45) is -0.436. The molecular formula is C15H11Cl2FO. The highest BCUT2D eigenvalue weighted by molar-refractivity contribution is 6.31. The van der Waals surface area contributed by atoms with Gasteiger partial charge in [0, 0.05) is 22.0 Å². The first-order chi connectivity index (χ1) is 9.10. The summed E-state index contributed by atoms with van der Waals surface area (Å²) >= 11 is 11.6. The van der Waals surface area contributed by atoms with Crippen LogP contribution in [0.25, 0.3) is 0 Å². The van der Waals surface area contributed by atoms with Crippen LogP contribution in [0.1, 0.15) is 27.7 Å². The Balaban J connectivity index is 2.22. The van der Waals surface area contributed by atoms with E-state index >= 15 is 0 Å². The molecule has 19 heavy (non-hydrogen) atoms. The Kier molecular flexibility index (Phi) is 4.56. The summed E-state index contributed by atoms with van der Waals surface area (Å²) < 4.78 is 14.3. The van der Waals surface area contributed by atoms with E-state index in [1.54, 1.807) is 36.4 Å². The number of aldehydes is 1. The summed E-state index contributed by atoms with van der Waals surface area (Å²) in [5.74, 6) is 0. The van der Waals surface area contributed by atoms with Crippen molar-refractivity contribution in [1.82, 2.24) is 0 Å². The van der Waals surface area contributed by atoms with Gasteiger partial charge in [0.05, 0.1) is 0 Å². The summed E-state index contributed by atoms with van der Waals surface area (Å²) in [5, 5.41) is 1.03. The van der Waals surface area contributed by atoms with Crippen LogP contribution in [0.15, 0.2) is 42.5 Å². The standard InChI is InChI=1S/C15H11Cl2FO/c16-12-3-1-10(2-4-12)7-15(18)14-6-5-13(17)8-11(14)9-19/h1-6,8-9,15H,7H2. The van der Waals surface area contributed by atoms with Crippen LogP contribution in [0.3, 0.4) is 0 Å². The second kappa shape index (κ2) is 6.18. The molecule has 0 heterocycles. The van der Waals surface area contributed by atoms with Gasteiger partial charge < -0.3 is 0 Å². The molecule has 0 aliphatic heterocycles. The normalized spacial score (nSPS) is 12.2. The molecular weight excluding hydrogens is 286 g/mol. The van der Waals surface area contributed by atoms with Crippen molar-refractivity contribution in [2.75, 3.05) is 0 Å². The maximum Gasteiger partial charge on any atom is 0.150 e. The van der Waals surface area contributed by atoms with Crippen LogP contribution < -0.4 is 0 Å². The lowest BCUT2D eigenvalue weighted by molar-refractivity contribution is 0.112. The van der Waals surface area contributed by atoms with Gasteiger partial charge in [0.25, 0.3) is 0 Å². The first-order valence-corrected chi connectivity index (χ1v) is 6.49. The molecule has 0 radical (unpaired) electrons. The molecule has 1 nitrogen and oxygen atoms in total. The fourth-order valence-electron chi connectivity index (χ4n) is 1.87. The van der Waals surface area contributed by atoms with Crippen LogP contribution in [0.4, 0.5) is 4.39 Å². The molecule has 0 aliphatic carbocycles. The Bertz CT molecular complexity index is 581. The fraction of sp³-hybridized carbons (Fsp3) is 0.133. The maximum absolute atomic E-state index is 14.3. The Morgan fingerprint density at radius 2 is 1.68 bits per heavy atom. The topological polar surface area (TPSA) is 17.1 Å². The van der Waals surface area contributed by atoms with Crippen molar-refractivity contribution in [2.45, 2.75) is 12.6 Å². The Hall–Kier alpha value is -1.38. The van der Waals surface area contributed by atoms with E-state index in [9.17, 15) is 9.18 Å². The zero-order valence-electron chi connectivity index (χ0n) is 9.95. The number of alkyl halides is 1. The van der Waals surface area contributed by atoms with Crippen molar-refractivity contribution >= 4 is 29.5 Å². The van der Waals surface area contributed by atoms with Crippen LogP contribution in [0.5, 0.6) is 0 Å². The largest absolute Gasteiger partial charge is 0.298 e. The highest BCUT2D eigenvalue weighted by Crippen LogP contribution is 2.27. The van der Waals surface area contributed by atoms with Gasteiger partial charge in [0.1, 0.15) is 12.5 Å². The molecule has 0 bridgehead atoms. The van der Waals surface area contributed by atoms with E-state index in [-0.39, 0.29) is 12.0 Å². The van der Waals surface area contributed by atoms with E-state index in [2.05, 4.69) is 0 Å². The number of carbonyl (C=O) groups is 1. The lowest BCUT2D eigenvalue weighted by atomic mass is 9.99. The molecule has 0 spiro atoms. The van der Waals surface area contributed by atoms with Gasteiger partial charge >= 0.3 is 0 Å². The second-order valence-corrected chi connectivity index (χ2v) is 5.06. The van der Waals surface area contributed by atoms with E-state index in [4.69, 9.17) is 23.2 Å². The molecule has 2 rings (SSSR count). The minimum atomic E-state index is -1.25. The Morgan fingerprint density at radius 3 is 2.32 bits per heavy atom. The number of hydrogen-bond donors (Lipinski definition) is 0. The zero-order valence-corrected chi connectivity index (χ0v) is 11.5. The first-order valence-electron chi connectivity index (χ1n) is 5.73. The summed E-state index contributed by atoms with van der Waals surface area (Å²) in [5.41, 5.74) is 1.46. The predicted octanol–water partition coefficient (Wildman–Crippen LogP) is 5.06. The number of carbonyl (C=O) groups excluding carboxylic acids is 1. The molecule has 2 aromatic carbocycles. The maximum atomic E-state index is 14.3. The predicted molar refractivity (Wildman–Crippen MR) is 75.8 cm³/mol. The molecule has 0 N–H and O–H groups in total. The van der Waals surface area contributed by atoms with Crippen LogP contribution in [0.2, 0.25) is 10.0 Å². The smallest absolute Gasteiger partial charge is 0.150 e. The lowest BCUT2D eigenvalue weighted by Crippen LogP contribution is -2.01. The molecule has 98 valence electrons. The molecule has 4 heteroatoms. The molecule has 0 fully saturated rings. The molecule has 0 saturated carbocycles. The molecule has 1 atom stereocenters. The minimum Gasteiger partial charge on any atom is -0.298 e. The number of rotatable bonds is 4. The molecule has 1 unspecified atom stereocenters. The van der Waals surface area contributed by atoms with E-state index in [1.807, 2.05) is 0 Å². The van der Waals surface area contributed by atoms with Gasteiger partial charge in [0.2, 0.25) is 0 Å². The van der Waals surface area contributed by atoms with E-state index in [1.165, 1.54) is 6.07 Å². The zero-order chi connectivity index (χ0) is 13.8. The number of benzene rings is 2. The third kappa shape index (κ3) is 3.55. The van der Waals surface area contributed by atoms with E-state index in [0.29, 0.717) is 21.9 Å².